The van der Waals surface area contributed by atoms with Crippen molar-refractivity contribution in [2.45, 2.75) is 44.1 Å². The molecule has 0 saturated heterocycles. The van der Waals surface area contributed by atoms with Gasteiger partial charge in [0, 0.05) is 18.4 Å². The molecular weight excluding hydrogens is 324 g/mol. The third-order valence-corrected chi connectivity index (χ3v) is 6.03. The number of benzene rings is 1. The van der Waals surface area contributed by atoms with Gasteiger partial charge >= 0.3 is 0 Å². The Morgan fingerprint density at radius 3 is 2.73 bits per heavy atom. The van der Waals surface area contributed by atoms with Crippen molar-refractivity contribution in [2.75, 3.05) is 0 Å². The number of H-pyrrole nitrogens is 1. The summed E-state index contributed by atoms with van der Waals surface area (Å²) in [5.41, 5.74) is 1.30. The van der Waals surface area contributed by atoms with E-state index >= 15 is 0 Å². The standard InChI is InChI=1S/C21H24N4O/c26-21(22-16-9-10-16)19-15-8-7-14(12-15)18(19)20-23-17(24-25-20)11-6-13-4-2-1-3-5-13/h1-5,7-8,14-16,18-19H,6,9-12H2,(H,22,26)(H,23,24,25)/t14-,15+,18-,19-/m1/s1. The van der Waals surface area contributed by atoms with Crippen LogP contribution in [0.5, 0.6) is 0 Å². The maximum atomic E-state index is 12.8. The van der Waals surface area contributed by atoms with Gasteiger partial charge in [0.2, 0.25) is 5.91 Å². The number of aromatic amines is 1. The minimum Gasteiger partial charge on any atom is -0.353 e. The lowest BCUT2D eigenvalue weighted by atomic mass is 9.82. The van der Waals surface area contributed by atoms with Crippen LogP contribution >= 0.6 is 0 Å². The van der Waals surface area contributed by atoms with Crippen molar-refractivity contribution in [3.8, 4) is 0 Å². The zero-order valence-corrected chi connectivity index (χ0v) is 14.8. The quantitative estimate of drug-likeness (QED) is 0.789. The highest BCUT2D eigenvalue weighted by atomic mass is 16.2. The normalized spacial score (nSPS) is 29.2. The van der Waals surface area contributed by atoms with Crippen LogP contribution in [0.25, 0.3) is 0 Å². The van der Waals surface area contributed by atoms with E-state index in [-0.39, 0.29) is 17.7 Å². The molecule has 2 saturated carbocycles. The Kier molecular flexibility index (Phi) is 3.88. The van der Waals surface area contributed by atoms with Gasteiger partial charge in [0.1, 0.15) is 5.82 Å². The second kappa shape index (κ2) is 6.38. The van der Waals surface area contributed by atoms with Crippen molar-refractivity contribution in [1.82, 2.24) is 20.5 Å². The lowest BCUT2D eigenvalue weighted by molar-refractivity contribution is -0.126. The van der Waals surface area contributed by atoms with E-state index in [4.69, 9.17) is 4.98 Å². The summed E-state index contributed by atoms with van der Waals surface area (Å²) in [6.45, 7) is 0. The summed E-state index contributed by atoms with van der Waals surface area (Å²) >= 11 is 0. The van der Waals surface area contributed by atoms with E-state index in [1.807, 2.05) is 6.07 Å². The van der Waals surface area contributed by atoms with Crippen molar-refractivity contribution < 1.29 is 4.79 Å². The lowest BCUT2D eigenvalue weighted by Crippen LogP contribution is -2.37. The molecule has 0 spiro atoms. The number of nitrogens with zero attached hydrogens (tertiary/aromatic N) is 2. The molecular formula is C21H24N4O. The largest absolute Gasteiger partial charge is 0.353 e. The van der Waals surface area contributed by atoms with Crippen molar-refractivity contribution in [1.29, 1.82) is 0 Å². The SMILES string of the molecule is O=C(NC1CC1)[C@H]1[C@H](c2n[nH]c(CCc3ccccc3)n2)[C@@H]2C=C[C@H]1C2. The number of aromatic nitrogens is 3. The highest BCUT2D eigenvalue weighted by molar-refractivity contribution is 5.81. The van der Waals surface area contributed by atoms with Crippen molar-refractivity contribution in [3.63, 3.8) is 0 Å². The van der Waals surface area contributed by atoms with Crippen LogP contribution in [-0.2, 0) is 17.6 Å². The Hall–Kier alpha value is -2.43. The number of fused-ring (bicyclic) bond motifs is 2. The fraction of sp³-hybridized carbons (Fsp3) is 0.476. The highest BCUT2D eigenvalue weighted by Gasteiger charge is 2.51. The van der Waals surface area contributed by atoms with Gasteiger partial charge in [-0.2, -0.15) is 5.10 Å². The number of allylic oxidation sites excluding steroid dienone is 2. The molecule has 134 valence electrons. The van der Waals surface area contributed by atoms with Crippen LogP contribution in [0, 0.1) is 17.8 Å². The van der Waals surface area contributed by atoms with Crippen molar-refractivity contribution >= 4 is 5.91 Å². The number of carbonyl (C=O) groups excluding carboxylic acids is 1. The van der Waals surface area contributed by atoms with Crippen LogP contribution in [0.2, 0.25) is 0 Å². The minimum atomic E-state index is -0.0108. The second-order valence-electron chi connectivity index (χ2n) is 7.91. The summed E-state index contributed by atoms with van der Waals surface area (Å²) in [7, 11) is 0. The van der Waals surface area contributed by atoms with Gasteiger partial charge in [0.25, 0.3) is 0 Å². The Morgan fingerprint density at radius 1 is 1.12 bits per heavy atom. The summed E-state index contributed by atoms with van der Waals surface area (Å²) in [5, 5.41) is 10.8. The second-order valence-corrected chi connectivity index (χ2v) is 7.91. The molecule has 3 aliphatic carbocycles. The fourth-order valence-corrected chi connectivity index (χ4v) is 4.54. The molecule has 0 aliphatic heterocycles. The van der Waals surface area contributed by atoms with Crippen molar-refractivity contribution in [2.24, 2.45) is 17.8 Å². The van der Waals surface area contributed by atoms with E-state index in [0.29, 0.717) is 17.9 Å². The first kappa shape index (κ1) is 15.8. The van der Waals surface area contributed by atoms with Gasteiger partial charge in [-0.25, -0.2) is 4.98 Å². The third-order valence-electron chi connectivity index (χ3n) is 6.03. The molecule has 2 bridgehead atoms. The molecule has 5 nitrogen and oxygen atoms in total. The monoisotopic (exact) mass is 348 g/mol. The zero-order valence-electron chi connectivity index (χ0n) is 14.8. The van der Waals surface area contributed by atoms with Crippen molar-refractivity contribution in [3.05, 3.63) is 59.7 Å². The maximum Gasteiger partial charge on any atom is 0.224 e. The molecule has 2 fully saturated rings. The van der Waals surface area contributed by atoms with Gasteiger partial charge in [-0.15, -0.1) is 0 Å². The van der Waals surface area contributed by atoms with Crippen LogP contribution in [0.15, 0.2) is 42.5 Å². The van der Waals surface area contributed by atoms with Gasteiger partial charge in [-0.05, 0) is 43.1 Å². The Labute approximate surface area is 153 Å². The average Bonchev–Trinajstić information content (AvgIpc) is 3.09. The van der Waals surface area contributed by atoms with Crippen LogP contribution < -0.4 is 5.32 Å². The molecule has 26 heavy (non-hydrogen) atoms. The third kappa shape index (κ3) is 2.96. The van der Waals surface area contributed by atoms with E-state index in [2.05, 4.69) is 51.9 Å². The van der Waals surface area contributed by atoms with E-state index in [1.165, 1.54) is 5.56 Å². The van der Waals surface area contributed by atoms with Gasteiger partial charge < -0.3 is 5.32 Å². The van der Waals surface area contributed by atoms with E-state index in [1.54, 1.807) is 0 Å². The first-order valence-electron chi connectivity index (χ1n) is 9.72. The number of rotatable bonds is 6. The lowest BCUT2D eigenvalue weighted by Gasteiger charge is -2.25. The molecule has 4 atom stereocenters. The van der Waals surface area contributed by atoms with Gasteiger partial charge in [-0.3, -0.25) is 9.89 Å². The number of amides is 1. The molecule has 5 rings (SSSR count). The maximum absolute atomic E-state index is 12.8. The van der Waals surface area contributed by atoms with Crippen LogP contribution in [0.3, 0.4) is 0 Å². The van der Waals surface area contributed by atoms with Gasteiger partial charge in [0.15, 0.2) is 5.82 Å². The molecule has 1 aromatic carbocycles. The molecule has 3 aliphatic rings. The zero-order chi connectivity index (χ0) is 17.5. The first-order valence-corrected chi connectivity index (χ1v) is 9.72. The summed E-state index contributed by atoms with van der Waals surface area (Å²) in [5.74, 6) is 2.78. The first-order chi connectivity index (χ1) is 12.8. The van der Waals surface area contributed by atoms with E-state index < -0.39 is 0 Å². The van der Waals surface area contributed by atoms with Crippen LogP contribution in [-0.4, -0.2) is 27.1 Å². The number of aryl methyl sites for hydroxylation is 2. The molecule has 1 aromatic heterocycles. The summed E-state index contributed by atoms with van der Waals surface area (Å²) in [4.78, 5) is 17.5. The highest BCUT2D eigenvalue weighted by Crippen LogP contribution is 2.52. The average molecular weight is 348 g/mol. The minimum absolute atomic E-state index is 0.0108. The number of hydrogen-bond donors (Lipinski definition) is 2. The van der Waals surface area contributed by atoms with Crippen LogP contribution in [0.4, 0.5) is 0 Å². The Balaban J connectivity index is 1.31. The van der Waals surface area contributed by atoms with Gasteiger partial charge in [-0.1, -0.05) is 42.5 Å². The number of carbonyl (C=O) groups is 1. The smallest absolute Gasteiger partial charge is 0.224 e. The summed E-state index contributed by atoms with van der Waals surface area (Å²) in [6, 6.07) is 10.8. The summed E-state index contributed by atoms with van der Waals surface area (Å²) in [6.07, 6.45) is 9.57. The predicted molar refractivity (Wildman–Crippen MR) is 98.4 cm³/mol. The molecule has 0 radical (unpaired) electrons. The molecule has 2 aromatic rings. The Morgan fingerprint density at radius 2 is 1.92 bits per heavy atom. The molecule has 5 heteroatoms. The van der Waals surface area contributed by atoms with E-state index in [9.17, 15) is 4.79 Å². The van der Waals surface area contributed by atoms with Crippen LogP contribution in [0.1, 0.15) is 42.4 Å². The number of nitrogens with one attached hydrogen (secondary N) is 2. The Bertz CT molecular complexity index is 824. The summed E-state index contributed by atoms with van der Waals surface area (Å²) < 4.78 is 0. The molecule has 1 heterocycles. The van der Waals surface area contributed by atoms with E-state index in [0.717, 1.165) is 43.8 Å². The predicted octanol–water partition coefficient (Wildman–Crippen LogP) is 2.77. The van der Waals surface area contributed by atoms with Gasteiger partial charge in [0.05, 0.1) is 5.92 Å². The number of hydrogen-bond acceptors (Lipinski definition) is 3. The molecule has 1 amide bonds. The molecule has 2 N–H and O–H groups in total. The fourth-order valence-electron chi connectivity index (χ4n) is 4.54. The molecule has 0 unspecified atom stereocenters. The topological polar surface area (TPSA) is 70.7 Å².